The standard InChI is InChI=1S/C16H10IN3O3S2/c17-11-3-1-10(2-4-11)13-9-24-16(18-13)19-14(21)7-5-12-6-8-15(25-12)20(22)23/h1-9H,(H,18,19,21). The highest BCUT2D eigenvalue weighted by Gasteiger charge is 2.09. The first-order chi connectivity index (χ1) is 12.0. The molecule has 0 bridgehead atoms. The van der Waals surface area contributed by atoms with E-state index in [1.165, 1.54) is 23.5 Å². The number of carbonyl (C=O) groups excluding carboxylic acids is 1. The molecule has 2 heterocycles. The fourth-order valence-corrected chi connectivity index (χ4v) is 3.73. The number of aromatic nitrogens is 1. The summed E-state index contributed by atoms with van der Waals surface area (Å²) < 4.78 is 1.14. The Morgan fingerprint density at radius 1 is 1.24 bits per heavy atom. The molecule has 2 aromatic heterocycles. The summed E-state index contributed by atoms with van der Waals surface area (Å²) in [6, 6.07) is 11.0. The molecule has 9 heteroatoms. The van der Waals surface area contributed by atoms with E-state index in [0.717, 1.165) is 26.2 Å². The maximum Gasteiger partial charge on any atom is 0.324 e. The molecule has 0 saturated carbocycles. The average molecular weight is 483 g/mol. The fourth-order valence-electron chi connectivity index (χ4n) is 1.92. The van der Waals surface area contributed by atoms with Crippen molar-refractivity contribution in [3.63, 3.8) is 0 Å². The molecule has 126 valence electrons. The monoisotopic (exact) mass is 483 g/mol. The summed E-state index contributed by atoms with van der Waals surface area (Å²) in [6.45, 7) is 0. The third-order valence-corrected chi connectivity index (χ3v) is 5.54. The smallest absolute Gasteiger partial charge is 0.298 e. The summed E-state index contributed by atoms with van der Waals surface area (Å²) in [5.41, 5.74) is 1.79. The highest BCUT2D eigenvalue weighted by Crippen LogP contribution is 2.26. The summed E-state index contributed by atoms with van der Waals surface area (Å²) >= 11 is 4.59. The molecule has 3 rings (SSSR count). The molecular weight excluding hydrogens is 473 g/mol. The predicted octanol–water partition coefficient (Wildman–Crippen LogP) is 5.04. The van der Waals surface area contributed by atoms with Gasteiger partial charge in [0.25, 0.3) is 0 Å². The molecule has 1 amide bonds. The van der Waals surface area contributed by atoms with Gasteiger partial charge < -0.3 is 0 Å². The number of hydrogen-bond acceptors (Lipinski definition) is 6. The van der Waals surface area contributed by atoms with Gasteiger partial charge in [-0.2, -0.15) is 0 Å². The van der Waals surface area contributed by atoms with E-state index in [2.05, 4.69) is 32.9 Å². The summed E-state index contributed by atoms with van der Waals surface area (Å²) in [5, 5.41) is 15.8. The van der Waals surface area contributed by atoms with Crippen molar-refractivity contribution in [3.8, 4) is 11.3 Å². The van der Waals surface area contributed by atoms with Crippen LogP contribution in [0.15, 0.2) is 47.9 Å². The third-order valence-electron chi connectivity index (χ3n) is 3.07. The van der Waals surface area contributed by atoms with Gasteiger partial charge in [0.2, 0.25) is 5.91 Å². The molecule has 0 aliphatic rings. The Balaban J connectivity index is 1.64. The van der Waals surface area contributed by atoms with E-state index in [9.17, 15) is 14.9 Å². The van der Waals surface area contributed by atoms with Crippen LogP contribution < -0.4 is 5.32 Å². The van der Waals surface area contributed by atoms with Crippen LogP contribution in [0.3, 0.4) is 0 Å². The van der Waals surface area contributed by atoms with Gasteiger partial charge in [-0.3, -0.25) is 20.2 Å². The van der Waals surface area contributed by atoms with Crippen molar-refractivity contribution in [3.05, 3.63) is 66.4 Å². The first-order valence-corrected chi connectivity index (χ1v) is 9.73. The van der Waals surface area contributed by atoms with Crippen LogP contribution in [-0.4, -0.2) is 15.8 Å². The van der Waals surface area contributed by atoms with Crippen molar-refractivity contribution in [2.75, 3.05) is 5.32 Å². The lowest BCUT2D eigenvalue weighted by molar-refractivity contribution is -0.380. The van der Waals surface area contributed by atoms with Crippen LogP contribution in [0, 0.1) is 13.7 Å². The molecule has 3 aromatic rings. The Bertz CT molecular complexity index is 948. The second-order valence-electron chi connectivity index (χ2n) is 4.80. The van der Waals surface area contributed by atoms with E-state index in [4.69, 9.17) is 0 Å². The number of anilines is 1. The van der Waals surface area contributed by atoms with E-state index in [1.54, 1.807) is 12.1 Å². The molecule has 25 heavy (non-hydrogen) atoms. The molecule has 0 aliphatic heterocycles. The molecule has 1 N–H and O–H groups in total. The van der Waals surface area contributed by atoms with Gasteiger partial charge in [-0.1, -0.05) is 23.5 Å². The van der Waals surface area contributed by atoms with Gasteiger partial charge in [-0.05, 0) is 46.9 Å². The van der Waals surface area contributed by atoms with Crippen LogP contribution in [0.5, 0.6) is 0 Å². The van der Waals surface area contributed by atoms with Crippen molar-refractivity contribution in [1.82, 2.24) is 4.98 Å². The Hall–Kier alpha value is -2.11. The lowest BCUT2D eigenvalue weighted by Gasteiger charge is -1.97. The van der Waals surface area contributed by atoms with Gasteiger partial charge in [0.15, 0.2) is 5.13 Å². The number of nitrogens with zero attached hydrogens (tertiary/aromatic N) is 2. The summed E-state index contributed by atoms with van der Waals surface area (Å²) in [6.07, 6.45) is 2.88. The molecule has 0 aliphatic carbocycles. The van der Waals surface area contributed by atoms with Crippen LogP contribution in [-0.2, 0) is 4.79 Å². The Morgan fingerprint density at radius 2 is 2.00 bits per heavy atom. The second-order valence-corrected chi connectivity index (χ2v) is 8.00. The number of benzene rings is 1. The topological polar surface area (TPSA) is 85.1 Å². The first-order valence-electron chi connectivity index (χ1n) is 6.96. The fraction of sp³-hybridized carbons (Fsp3) is 0. The van der Waals surface area contributed by atoms with Crippen LogP contribution >= 0.6 is 45.3 Å². The van der Waals surface area contributed by atoms with E-state index in [1.807, 2.05) is 29.6 Å². The molecule has 6 nitrogen and oxygen atoms in total. The number of carbonyl (C=O) groups is 1. The van der Waals surface area contributed by atoms with E-state index in [0.29, 0.717) is 10.0 Å². The highest BCUT2D eigenvalue weighted by molar-refractivity contribution is 14.1. The summed E-state index contributed by atoms with van der Waals surface area (Å²) in [4.78, 5) is 27.2. The van der Waals surface area contributed by atoms with E-state index >= 15 is 0 Å². The average Bonchev–Trinajstić information content (AvgIpc) is 3.23. The maximum atomic E-state index is 12.0. The predicted molar refractivity (Wildman–Crippen MR) is 109 cm³/mol. The normalized spacial score (nSPS) is 10.9. The second kappa shape index (κ2) is 7.85. The lowest BCUT2D eigenvalue weighted by atomic mass is 10.2. The first kappa shape index (κ1) is 17.7. The Kier molecular flexibility index (Phi) is 5.56. The minimum absolute atomic E-state index is 0.0437. The van der Waals surface area contributed by atoms with Gasteiger partial charge in [-0.15, -0.1) is 11.3 Å². The molecule has 0 spiro atoms. The number of hydrogen-bond donors (Lipinski definition) is 1. The van der Waals surface area contributed by atoms with Gasteiger partial charge in [-0.25, -0.2) is 4.98 Å². The molecule has 0 fully saturated rings. The SMILES string of the molecule is O=C(C=Cc1ccc([N+](=O)[O-])s1)Nc1nc(-c2ccc(I)cc2)cs1. The number of thiazole rings is 1. The summed E-state index contributed by atoms with van der Waals surface area (Å²) in [5.74, 6) is -0.334. The van der Waals surface area contributed by atoms with Crippen molar-refractivity contribution in [2.24, 2.45) is 0 Å². The molecular formula is C16H10IN3O3S2. The maximum absolute atomic E-state index is 12.0. The molecule has 0 saturated heterocycles. The number of nitrogens with one attached hydrogen (secondary N) is 1. The third kappa shape index (κ3) is 4.71. The quantitative estimate of drug-likeness (QED) is 0.239. The van der Waals surface area contributed by atoms with Crippen molar-refractivity contribution in [2.45, 2.75) is 0 Å². The van der Waals surface area contributed by atoms with Gasteiger partial charge >= 0.3 is 5.00 Å². The van der Waals surface area contributed by atoms with E-state index in [-0.39, 0.29) is 10.9 Å². The lowest BCUT2D eigenvalue weighted by Crippen LogP contribution is -2.07. The zero-order chi connectivity index (χ0) is 17.8. The van der Waals surface area contributed by atoms with Crippen LogP contribution in [0.2, 0.25) is 0 Å². The number of thiophene rings is 1. The number of halogens is 1. The van der Waals surface area contributed by atoms with Gasteiger partial charge in [0, 0.05) is 31.5 Å². The van der Waals surface area contributed by atoms with Crippen molar-refractivity contribution in [1.29, 1.82) is 0 Å². The largest absolute Gasteiger partial charge is 0.324 e. The minimum Gasteiger partial charge on any atom is -0.298 e. The van der Waals surface area contributed by atoms with Gasteiger partial charge in [0.05, 0.1) is 10.6 Å². The number of rotatable bonds is 5. The highest BCUT2D eigenvalue weighted by atomic mass is 127. The van der Waals surface area contributed by atoms with Crippen molar-refractivity contribution < 1.29 is 9.72 Å². The van der Waals surface area contributed by atoms with Crippen molar-refractivity contribution >= 4 is 67.4 Å². The number of amides is 1. The van der Waals surface area contributed by atoms with Crippen LogP contribution in [0.4, 0.5) is 10.1 Å². The van der Waals surface area contributed by atoms with E-state index < -0.39 is 4.92 Å². The Labute approximate surface area is 164 Å². The van der Waals surface area contributed by atoms with Gasteiger partial charge in [0.1, 0.15) is 0 Å². The van der Waals surface area contributed by atoms with Crippen LogP contribution in [0.25, 0.3) is 17.3 Å². The van der Waals surface area contributed by atoms with Crippen LogP contribution in [0.1, 0.15) is 4.88 Å². The molecule has 0 radical (unpaired) electrons. The molecule has 0 unspecified atom stereocenters. The summed E-state index contributed by atoms with van der Waals surface area (Å²) in [7, 11) is 0. The zero-order valence-electron chi connectivity index (χ0n) is 12.5. The molecule has 1 aromatic carbocycles. The molecule has 0 atom stereocenters. The Morgan fingerprint density at radius 3 is 2.68 bits per heavy atom. The number of nitro groups is 1. The minimum atomic E-state index is -0.455. The zero-order valence-corrected chi connectivity index (χ0v) is 16.3.